The number of amides is 2. The van der Waals surface area contributed by atoms with Gasteiger partial charge in [-0.15, -0.1) is 0 Å². The molecule has 1 aliphatic rings. The van der Waals surface area contributed by atoms with E-state index in [1.165, 1.54) is 11.6 Å². The molecule has 0 aliphatic carbocycles. The number of rotatable bonds is 3. The molecule has 124 valence electrons. The molecule has 1 aliphatic heterocycles. The second kappa shape index (κ2) is 6.78. The molecule has 4 nitrogen and oxygen atoms in total. The van der Waals surface area contributed by atoms with Crippen LogP contribution in [0.4, 0.5) is 14.5 Å². The van der Waals surface area contributed by atoms with Gasteiger partial charge in [-0.2, -0.15) is 0 Å². The average molecular weight is 330 g/mol. The highest BCUT2D eigenvalue weighted by Crippen LogP contribution is 2.20. The predicted octanol–water partition coefficient (Wildman–Crippen LogP) is 2.88. The Bertz CT molecular complexity index is 772. The molecule has 0 saturated heterocycles. The van der Waals surface area contributed by atoms with Gasteiger partial charge < -0.3 is 10.2 Å². The molecule has 0 aromatic heterocycles. The number of hydrogen-bond donors (Lipinski definition) is 1. The van der Waals surface area contributed by atoms with Crippen LogP contribution in [-0.2, 0) is 22.6 Å². The van der Waals surface area contributed by atoms with Crippen LogP contribution in [0.25, 0.3) is 0 Å². The summed E-state index contributed by atoms with van der Waals surface area (Å²) in [5, 5.41) is 2.13. The SMILES string of the molecule is O=C(CC(=O)N1CCc2ccccc2C1)Nc1c(F)cccc1F. The van der Waals surface area contributed by atoms with Gasteiger partial charge in [0.15, 0.2) is 0 Å². The molecule has 0 fully saturated rings. The summed E-state index contributed by atoms with van der Waals surface area (Å²) in [5.74, 6) is -2.84. The lowest BCUT2D eigenvalue weighted by Gasteiger charge is -2.28. The van der Waals surface area contributed by atoms with Gasteiger partial charge in [-0.25, -0.2) is 8.78 Å². The summed E-state index contributed by atoms with van der Waals surface area (Å²) in [6.45, 7) is 0.966. The number of nitrogens with zero attached hydrogens (tertiary/aromatic N) is 1. The zero-order valence-corrected chi connectivity index (χ0v) is 12.9. The van der Waals surface area contributed by atoms with Crippen LogP contribution >= 0.6 is 0 Å². The van der Waals surface area contributed by atoms with Crippen LogP contribution in [0.3, 0.4) is 0 Å². The molecule has 24 heavy (non-hydrogen) atoms. The van der Waals surface area contributed by atoms with E-state index >= 15 is 0 Å². The monoisotopic (exact) mass is 330 g/mol. The fraction of sp³-hybridized carbons (Fsp3) is 0.222. The van der Waals surface area contributed by atoms with E-state index in [0.717, 1.165) is 24.1 Å². The largest absolute Gasteiger partial charge is 0.338 e. The van der Waals surface area contributed by atoms with Crippen molar-refractivity contribution in [2.24, 2.45) is 0 Å². The smallest absolute Gasteiger partial charge is 0.233 e. The van der Waals surface area contributed by atoms with Gasteiger partial charge in [-0.1, -0.05) is 30.3 Å². The lowest BCUT2D eigenvalue weighted by Crippen LogP contribution is -2.37. The molecule has 6 heteroatoms. The summed E-state index contributed by atoms with van der Waals surface area (Å²) in [6, 6.07) is 11.1. The quantitative estimate of drug-likeness (QED) is 0.880. The molecule has 1 N–H and O–H groups in total. The Balaban J connectivity index is 1.62. The van der Waals surface area contributed by atoms with Crippen molar-refractivity contribution < 1.29 is 18.4 Å². The third-order valence-corrected chi connectivity index (χ3v) is 4.02. The minimum atomic E-state index is -0.873. The van der Waals surface area contributed by atoms with Gasteiger partial charge in [0.2, 0.25) is 11.8 Å². The molecule has 3 rings (SSSR count). The van der Waals surface area contributed by atoms with Crippen molar-refractivity contribution >= 4 is 17.5 Å². The highest BCUT2D eigenvalue weighted by atomic mass is 19.1. The van der Waals surface area contributed by atoms with Crippen molar-refractivity contribution in [3.8, 4) is 0 Å². The van der Waals surface area contributed by atoms with Crippen LogP contribution in [0.2, 0.25) is 0 Å². The van der Waals surface area contributed by atoms with Gasteiger partial charge in [0.05, 0.1) is 0 Å². The van der Waals surface area contributed by atoms with Crippen LogP contribution in [-0.4, -0.2) is 23.3 Å². The molecule has 0 bridgehead atoms. The lowest BCUT2D eigenvalue weighted by atomic mass is 10.00. The number of carbonyl (C=O) groups excluding carboxylic acids is 2. The zero-order chi connectivity index (χ0) is 17.1. The minimum Gasteiger partial charge on any atom is -0.338 e. The second-order valence-corrected chi connectivity index (χ2v) is 5.66. The normalized spacial score (nSPS) is 13.3. The van der Waals surface area contributed by atoms with Crippen LogP contribution in [0, 0.1) is 11.6 Å². The molecule has 1 heterocycles. The van der Waals surface area contributed by atoms with Gasteiger partial charge in [-0.05, 0) is 29.7 Å². The number of anilines is 1. The summed E-state index contributed by atoms with van der Waals surface area (Å²) in [6.07, 6.45) is 0.279. The summed E-state index contributed by atoms with van der Waals surface area (Å²) in [7, 11) is 0. The molecule has 0 radical (unpaired) electrons. The number of fused-ring (bicyclic) bond motifs is 1. The topological polar surface area (TPSA) is 49.4 Å². The van der Waals surface area contributed by atoms with E-state index < -0.39 is 29.6 Å². The average Bonchev–Trinajstić information content (AvgIpc) is 2.58. The van der Waals surface area contributed by atoms with Crippen molar-refractivity contribution in [3.63, 3.8) is 0 Å². The number of benzene rings is 2. The Kier molecular flexibility index (Phi) is 4.55. The third kappa shape index (κ3) is 3.42. The van der Waals surface area contributed by atoms with E-state index in [1.54, 1.807) is 4.90 Å². The second-order valence-electron chi connectivity index (χ2n) is 5.66. The number of nitrogens with one attached hydrogen (secondary N) is 1. The highest BCUT2D eigenvalue weighted by Gasteiger charge is 2.23. The fourth-order valence-electron chi connectivity index (χ4n) is 2.76. The van der Waals surface area contributed by atoms with Crippen LogP contribution in [0.1, 0.15) is 17.5 Å². The first-order valence-corrected chi connectivity index (χ1v) is 7.63. The maximum atomic E-state index is 13.5. The molecule has 0 unspecified atom stereocenters. The predicted molar refractivity (Wildman–Crippen MR) is 85.2 cm³/mol. The maximum absolute atomic E-state index is 13.5. The van der Waals surface area contributed by atoms with Crippen molar-refractivity contribution in [1.29, 1.82) is 0 Å². The van der Waals surface area contributed by atoms with Crippen molar-refractivity contribution in [3.05, 3.63) is 65.2 Å². The van der Waals surface area contributed by atoms with Crippen LogP contribution < -0.4 is 5.32 Å². The van der Waals surface area contributed by atoms with E-state index in [9.17, 15) is 18.4 Å². The van der Waals surface area contributed by atoms with E-state index in [0.29, 0.717) is 13.1 Å². The molecule has 2 aromatic carbocycles. The molecule has 0 spiro atoms. The summed E-state index contributed by atoms with van der Waals surface area (Å²) in [4.78, 5) is 25.8. The van der Waals surface area contributed by atoms with Crippen LogP contribution in [0.15, 0.2) is 42.5 Å². The Labute approximate surface area is 138 Å². The Morgan fingerprint density at radius 1 is 1.00 bits per heavy atom. The van der Waals surface area contributed by atoms with E-state index in [4.69, 9.17) is 0 Å². The van der Waals surface area contributed by atoms with Gasteiger partial charge >= 0.3 is 0 Å². The molecule has 2 amide bonds. The lowest BCUT2D eigenvalue weighted by molar-refractivity contribution is -0.135. The van der Waals surface area contributed by atoms with Gasteiger partial charge in [0.1, 0.15) is 23.7 Å². The third-order valence-electron chi connectivity index (χ3n) is 4.02. The van der Waals surface area contributed by atoms with Crippen LogP contribution in [0.5, 0.6) is 0 Å². The van der Waals surface area contributed by atoms with Crippen molar-refractivity contribution in [2.45, 2.75) is 19.4 Å². The Hall–Kier alpha value is -2.76. The first kappa shape index (κ1) is 16.1. The molecule has 2 aromatic rings. The number of halogens is 2. The van der Waals surface area contributed by atoms with E-state index in [1.807, 2.05) is 24.3 Å². The first-order chi connectivity index (χ1) is 11.5. The van der Waals surface area contributed by atoms with E-state index in [-0.39, 0.29) is 5.91 Å². The van der Waals surface area contributed by atoms with Gasteiger partial charge in [0.25, 0.3) is 0 Å². The van der Waals surface area contributed by atoms with Gasteiger partial charge in [0, 0.05) is 13.1 Å². The van der Waals surface area contributed by atoms with Gasteiger partial charge in [-0.3, -0.25) is 9.59 Å². The van der Waals surface area contributed by atoms with E-state index in [2.05, 4.69) is 5.32 Å². The van der Waals surface area contributed by atoms with Crippen molar-refractivity contribution in [2.75, 3.05) is 11.9 Å². The minimum absolute atomic E-state index is 0.362. The standard InChI is InChI=1S/C18H16F2N2O2/c19-14-6-3-7-15(20)18(14)21-16(23)10-17(24)22-9-8-12-4-1-2-5-13(12)11-22/h1-7H,8-11H2,(H,21,23). The summed E-state index contributed by atoms with van der Waals surface area (Å²) >= 11 is 0. The Morgan fingerprint density at radius 2 is 1.67 bits per heavy atom. The molecular weight excluding hydrogens is 314 g/mol. The summed E-state index contributed by atoms with van der Waals surface area (Å²) < 4.78 is 27.0. The fourth-order valence-corrected chi connectivity index (χ4v) is 2.76. The highest BCUT2D eigenvalue weighted by molar-refractivity contribution is 6.03. The molecule has 0 atom stereocenters. The maximum Gasteiger partial charge on any atom is 0.233 e. The summed E-state index contributed by atoms with van der Waals surface area (Å²) in [5.41, 5.74) is 1.72. The van der Waals surface area contributed by atoms with Crippen molar-refractivity contribution in [1.82, 2.24) is 4.90 Å². The molecule has 0 saturated carbocycles. The number of hydrogen-bond acceptors (Lipinski definition) is 2. The number of carbonyl (C=O) groups is 2. The zero-order valence-electron chi connectivity index (χ0n) is 12.9. The number of para-hydroxylation sites is 1. The Morgan fingerprint density at radius 3 is 2.38 bits per heavy atom. The first-order valence-electron chi connectivity index (χ1n) is 7.63. The molecular formula is C18H16F2N2O2.